The van der Waals surface area contributed by atoms with E-state index in [4.69, 9.17) is 33.2 Å². The monoisotopic (exact) mass is 273 g/mol. The number of rotatable bonds is 3. The van der Waals surface area contributed by atoms with Crippen LogP contribution in [0.5, 0.6) is 0 Å². The van der Waals surface area contributed by atoms with Crippen molar-refractivity contribution in [2.75, 3.05) is 0 Å². The van der Waals surface area contributed by atoms with Crippen LogP contribution < -0.4 is 0 Å². The summed E-state index contributed by atoms with van der Waals surface area (Å²) in [5.41, 5.74) is 0. The molecule has 1 aromatic heterocycles. The molecule has 0 saturated heterocycles. The molecule has 0 atom stereocenters. The summed E-state index contributed by atoms with van der Waals surface area (Å²) in [7, 11) is 0. The molecule has 0 spiro atoms. The lowest BCUT2D eigenvalue weighted by Gasteiger charge is -2.22. The largest absolute Gasteiger partial charge is 0.357 e. The second kappa shape index (κ2) is 5.72. The quantitative estimate of drug-likeness (QED) is 0.849. The van der Waals surface area contributed by atoms with Crippen molar-refractivity contribution in [2.45, 2.75) is 44.9 Å². The van der Waals surface area contributed by atoms with Gasteiger partial charge in [-0.1, -0.05) is 42.5 Å². The van der Waals surface area contributed by atoms with Gasteiger partial charge < -0.3 is 4.74 Å². The highest BCUT2D eigenvalue weighted by Gasteiger charge is 2.17. The van der Waals surface area contributed by atoms with Crippen LogP contribution in [0.4, 0.5) is 0 Å². The van der Waals surface area contributed by atoms with Crippen molar-refractivity contribution < 1.29 is 4.74 Å². The Hall–Kier alpha value is -0.760. The molecule has 0 radical (unpaired) electrons. The van der Waals surface area contributed by atoms with E-state index in [9.17, 15) is 0 Å². The molecule has 4 nitrogen and oxygen atoms in total. The summed E-state index contributed by atoms with van der Waals surface area (Å²) in [5.74, 6) is 0.191. The number of imidazole rings is 1. The third kappa shape index (κ3) is 2.92. The Morgan fingerprint density at radius 2 is 2.06 bits per heavy atom. The number of ether oxygens (including phenoxy) is 1. The molecule has 0 aromatic carbocycles. The van der Waals surface area contributed by atoms with E-state index in [1.807, 2.05) is 6.07 Å². The molecule has 6 heteroatoms. The average molecular weight is 274 g/mol. The first kappa shape index (κ1) is 12.7. The highest BCUT2D eigenvalue weighted by molar-refractivity contribution is 6.40. The van der Waals surface area contributed by atoms with E-state index in [0.29, 0.717) is 0 Å². The number of hydrogen-bond acceptors (Lipinski definition) is 3. The summed E-state index contributed by atoms with van der Waals surface area (Å²) in [5, 5.41) is 9.30. The number of halogens is 2. The minimum absolute atomic E-state index is 0.149. The second-order valence-corrected chi connectivity index (χ2v) is 4.83. The van der Waals surface area contributed by atoms with Gasteiger partial charge in [0.1, 0.15) is 12.8 Å². The molecule has 0 N–H and O–H groups in total. The van der Waals surface area contributed by atoms with Gasteiger partial charge in [0.2, 0.25) is 5.82 Å². The Bertz CT molecular complexity index is 433. The molecule has 1 aliphatic carbocycles. The second-order valence-electron chi connectivity index (χ2n) is 4.11. The zero-order valence-corrected chi connectivity index (χ0v) is 10.8. The zero-order valence-electron chi connectivity index (χ0n) is 9.33. The SMILES string of the molecule is N#Cc1nc(Cl)c(Cl)n1COC1CCCCC1. The molecular weight excluding hydrogens is 261 g/mol. The molecule has 1 saturated carbocycles. The van der Waals surface area contributed by atoms with Gasteiger partial charge in [0.05, 0.1) is 6.10 Å². The molecule has 2 rings (SSSR count). The smallest absolute Gasteiger partial charge is 0.217 e. The molecule has 17 heavy (non-hydrogen) atoms. The van der Waals surface area contributed by atoms with Gasteiger partial charge in [-0.05, 0) is 12.8 Å². The molecule has 92 valence electrons. The highest BCUT2D eigenvalue weighted by Crippen LogP contribution is 2.25. The van der Waals surface area contributed by atoms with Crippen LogP contribution in [0.2, 0.25) is 10.3 Å². The first-order chi connectivity index (χ1) is 8.22. The maximum Gasteiger partial charge on any atom is 0.217 e. The van der Waals surface area contributed by atoms with Crippen molar-refractivity contribution in [3.63, 3.8) is 0 Å². The van der Waals surface area contributed by atoms with Crippen LogP contribution in [-0.4, -0.2) is 15.7 Å². The first-order valence-corrected chi connectivity index (χ1v) is 6.41. The summed E-state index contributed by atoms with van der Waals surface area (Å²) >= 11 is 11.7. The third-order valence-electron chi connectivity index (χ3n) is 2.96. The fourth-order valence-electron chi connectivity index (χ4n) is 2.02. The predicted molar refractivity (Wildman–Crippen MR) is 64.9 cm³/mol. The molecule has 1 fully saturated rings. The normalized spacial score (nSPS) is 17.0. The first-order valence-electron chi connectivity index (χ1n) is 5.65. The number of nitriles is 1. The number of nitrogens with zero attached hydrogens (tertiary/aromatic N) is 3. The molecule has 1 heterocycles. The van der Waals surface area contributed by atoms with Crippen molar-refractivity contribution in [1.82, 2.24) is 9.55 Å². The predicted octanol–water partition coefficient (Wildman–Crippen LogP) is 3.37. The van der Waals surface area contributed by atoms with Crippen molar-refractivity contribution in [3.05, 3.63) is 16.1 Å². The van der Waals surface area contributed by atoms with Crippen molar-refractivity contribution in [2.24, 2.45) is 0 Å². The number of hydrogen-bond donors (Lipinski definition) is 0. The van der Waals surface area contributed by atoms with Gasteiger partial charge in [0, 0.05) is 0 Å². The lowest BCUT2D eigenvalue weighted by atomic mass is 9.98. The van der Waals surface area contributed by atoms with Gasteiger partial charge in [-0.25, -0.2) is 4.98 Å². The fourth-order valence-corrected chi connectivity index (χ4v) is 2.37. The Morgan fingerprint density at radius 3 is 2.71 bits per heavy atom. The van der Waals surface area contributed by atoms with Crippen LogP contribution in [-0.2, 0) is 11.5 Å². The van der Waals surface area contributed by atoms with Crippen molar-refractivity contribution in [3.8, 4) is 6.07 Å². The van der Waals surface area contributed by atoms with Crippen molar-refractivity contribution >= 4 is 23.2 Å². The summed E-state index contributed by atoms with van der Waals surface area (Å²) in [4.78, 5) is 3.85. The maximum absolute atomic E-state index is 8.89. The van der Waals surface area contributed by atoms with Crippen LogP contribution in [0.25, 0.3) is 0 Å². The van der Waals surface area contributed by atoms with Gasteiger partial charge in [0.25, 0.3) is 0 Å². The van der Waals surface area contributed by atoms with E-state index in [-0.39, 0.29) is 29.0 Å². The lowest BCUT2D eigenvalue weighted by molar-refractivity contribution is -0.0128. The Kier molecular flexibility index (Phi) is 4.27. The van der Waals surface area contributed by atoms with Crippen molar-refractivity contribution in [1.29, 1.82) is 5.26 Å². The van der Waals surface area contributed by atoms with E-state index in [1.165, 1.54) is 23.8 Å². The van der Waals surface area contributed by atoms with E-state index in [0.717, 1.165) is 12.8 Å². The minimum atomic E-state index is 0.149. The van der Waals surface area contributed by atoms with Gasteiger partial charge in [-0.2, -0.15) is 5.26 Å². The van der Waals surface area contributed by atoms with E-state index in [1.54, 1.807) is 0 Å². The topological polar surface area (TPSA) is 50.8 Å². The molecule has 1 aromatic rings. The van der Waals surface area contributed by atoms with Crippen LogP contribution in [0.15, 0.2) is 0 Å². The summed E-state index contributed by atoms with van der Waals surface area (Å²) in [6.07, 6.45) is 6.08. The minimum Gasteiger partial charge on any atom is -0.357 e. The van der Waals surface area contributed by atoms with Gasteiger partial charge in [-0.3, -0.25) is 4.57 Å². The van der Waals surface area contributed by atoms with Crippen LogP contribution in [0, 0.1) is 11.3 Å². The maximum atomic E-state index is 8.89. The van der Waals surface area contributed by atoms with Gasteiger partial charge in [0.15, 0.2) is 10.3 Å². The standard InChI is InChI=1S/C11H13Cl2N3O/c12-10-11(13)16(9(6-14)15-10)7-17-8-4-2-1-3-5-8/h8H,1-5,7H2. The van der Waals surface area contributed by atoms with Crippen LogP contribution >= 0.6 is 23.2 Å². The lowest BCUT2D eigenvalue weighted by Crippen LogP contribution is -2.19. The molecule has 0 unspecified atom stereocenters. The van der Waals surface area contributed by atoms with Crippen LogP contribution in [0.1, 0.15) is 37.9 Å². The molecule has 1 aliphatic rings. The van der Waals surface area contributed by atoms with E-state index in [2.05, 4.69) is 4.98 Å². The van der Waals surface area contributed by atoms with E-state index >= 15 is 0 Å². The Labute approximate surface area is 110 Å². The summed E-state index contributed by atoms with van der Waals surface area (Å²) in [6, 6.07) is 1.95. The van der Waals surface area contributed by atoms with Crippen LogP contribution in [0.3, 0.4) is 0 Å². The zero-order chi connectivity index (χ0) is 12.3. The fraction of sp³-hybridized carbons (Fsp3) is 0.636. The third-order valence-corrected chi connectivity index (χ3v) is 3.70. The van der Waals surface area contributed by atoms with Gasteiger partial charge >= 0.3 is 0 Å². The summed E-state index contributed by atoms with van der Waals surface area (Å²) < 4.78 is 7.23. The van der Waals surface area contributed by atoms with Gasteiger partial charge in [-0.15, -0.1) is 0 Å². The molecular formula is C11H13Cl2N3O. The number of aromatic nitrogens is 2. The van der Waals surface area contributed by atoms with E-state index < -0.39 is 0 Å². The molecule has 0 amide bonds. The average Bonchev–Trinajstić information content (AvgIpc) is 2.64. The Balaban J connectivity index is 2.00. The Morgan fingerprint density at radius 1 is 1.35 bits per heavy atom. The molecule has 0 bridgehead atoms. The summed E-state index contributed by atoms with van der Waals surface area (Å²) in [6.45, 7) is 0.242. The molecule has 0 aliphatic heterocycles. The highest BCUT2D eigenvalue weighted by atomic mass is 35.5.